The van der Waals surface area contributed by atoms with Crippen molar-refractivity contribution in [3.8, 4) is 0 Å². The fourth-order valence-electron chi connectivity index (χ4n) is 3.47. The lowest BCUT2D eigenvalue weighted by molar-refractivity contribution is 0.235. The summed E-state index contributed by atoms with van der Waals surface area (Å²) in [5, 5.41) is 3.40. The zero-order valence-electron chi connectivity index (χ0n) is 14.5. The number of hydrogen-bond acceptors (Lipinski definition) is 2. The lowest BCUT2D eigenvalue weighted by Crippen LogP contribution is -2.43. The summed E-state index contributed by atoms with van der Waals surface area (Å²) >= 11 is 0. The molecule has 1 fully saturated rings. The second-order valence-electron chi connectivity index (χ2n) is 6.75. The minimum absolute atomic E-state index is 0.165. The Kier molecular flexibility index (Phi) is 6.00. The van der Waals surface area contributed by atoms with E-state index in [9.17, 15) is 4.39 Å². The molecule has 1 heterocycles. The molecule has 3 heteroatoms. The van der Waals surface area contributed by atoms with Gasteiger partial charge in [-0.05, 0) is 49.6 Å². The molecule has 2 nitrogen and oxygen atoms in total. The zero-order valence-corrected chi connectivity index (χ0v) is 14.5. The van der Waals surface area contributed by atoms with Gasteiger partial charge < -0.3 is 10.2 Å². The number of rotatable bonds is 6. The van der Waals surface area contributed by atoms with E-state index < -0.39 is 0 Å². The van der Waals surface area contributed by atoms with Gasteiger partial charge in [0, 0.05) is 32.1 Å². The molecule has 24 heavy (non-hydrogen) atoms. The van der Waals surface area contributed by atoms with Crippen LogP contribution >= 0.6 is 0 Å². The molecule has 0 spiro atoms. The zero-order chi connectivity index (χ0) is 16.8. The van der Waals surface area contributed by atoms with E-state index in [-0.39, 0.29) is 5.82 Å². The highest BCUT2D eigenvalue weighted by molar-refractivity contribution is 5.34. The first-order valence-electron chi connectivity index (χ1n) is 8.97. The Hall–Kier alpha value is -1.71. The van der Waals surface area contributed by atoms with E-state index in [2.05, 4.69) is 41.4 Å². The molecule has 0 amide bonds. The van der Waals surface area contributed by atoms with Gasteiger partial charge in [0.1, 0.15) is 5.82 Å². The molecule has 0 aromatic heterocycles. The van der Waals surface area contributed by atoms with Gasteiger partial charge in [-0.15, -0.1) is 0 Å². The van der Waals surface area contributed by atoms with E-state index in [1.54, 1.807) is 12.1 Å². The van der Waals surface area contributed by atoms with Crippen LogP contribution < -0.4 is 5.32 Å². The van der Waals surface area contributed by atoms with Crippen LogP contribution in [0.2, 0.25) is 0 Å². The van der Waals surface area contributed by atoms with Crippen molar-refractivity contribution < 1.29 is 4.39 Å². The molecule has 1 unspecified atom stereocenters. The van der Waals surface area contributed by atoms with Crippen molar-refractivity contribution in [2.75, 3.05) is 32.7 Å². The fraction of sp³-hybridized carbons (Fsp3) is 0.429. The van der Waals surface area contributed by atoms with E-state index in [1.807, 2.05) is 12.1 Å². The minimum atomic E-state index is -0.165. The number of benzene rings is 2. The first kappa shape index (κ1) is 17.1. The summed E-state index contributed by atoms with van der Waals surface area (Å²) in [6, 6.07) is 15.8. The quantitative estimate of drug-likeness (QED) is 0.864. The van der Waals surface area contributed by atoms with Gasteiger partial charge in [-0.3, -0.25) is 0 Å². The third-order valence-electron chi connectivity index (χ3n) is 4.93. The Balaban J connectivity index is 1.69. The highest BCUT2D eigenvalue weighted by Gasteiger charge is 2.16. The van der Waals surface area contributed by atoms with E-state index in [0.717, 1.165) is 45.6 Å². The molecule has 2 aromatic carbocycles. The van der Waals surface area contributed by atoms with Gasteiger partial charge in [-0.1, -0.05) is 42.0 Å². The maximum Gasteiger partial charge on any atom is 0.123 e. The number of halogens is 1. The summed E-state index contributed by atoms with van der Waals surface area (Å²) in [5.74, 6) is 0.177. The van der Waals surface area contributed by atoms with Crippen molar-refractivity contribution >= 4 is 0 Å². The topological polar surface area (TPSA) is 15.3 Å². The maximum atomic E-state index is 13.3. The monoisotopic (exact) mass is 326 g/mol. The van der Waals surface area contributed by atoms with Crippen molar-refractivity contribution in [1.29, 1.82) is 0 Å². The molecule has 0 aliphatic carbocycles. The molecule has 1 saturated heterocycles. The highest BCUT2D eigenvalue weighted by Crippen LogP contribution is 2.29. The van der Waals surface area contributed by atoms with Crippen LogP contribution in [0, 0.1) is 12.7 Å². The summed E-state index contributed by atoms with van der Waals surface area (Å²) in [6.45, 7) is 7.74. The largest absolute Gasteiger partial charge is 0.314 e. The number of nitrogens with zero attached hydrogens (tertiary/aromatic N) is 1. The molecule has 3 rings (SSSR count). The van der Waals surface area contributed by atoms with Crippen molar-refractivity contribution in [3.63, 3.8) is 0 Å². The van der Waals surface area contributed by atoms with Crippen LogP contribution in [0.5, 0.6) is 0 Å². The molecule has 128 valence electrons. The first-order chi connectivity index (χ1) is 11.7. The average Bonchev–Trinajstić information content (AvgIpc) is 2.62. The van der Waals surface area contributed by atoms with Crippen LogP contribution in [-0.4, -0.2) is 37.6 Å². The van der Waals surface area contributed by atoms with Crippen LogP contribution in [0.15, 0.2) is 48.5 Å². The van der Waals surface area contributed by atoms with Crippen molar-refractivity contribution in [1.82, 2.24) is 10.2 Å². The lowest BCUT2D eigenvalue weighted by atomic mass is 9.87. The van der Waals surface area contributed by atoms with Crippen LogP contribution in [0.25, 0.3) is 0 Å². The van der Waals surface area contributed by atoms with Gasteiger partial charge in [0.15, 0.2) is 0 Å². The fourth-order valence-corrected chi connectivity index (χ4v) is 3.47. The van der Waals surface area contributed by atoms with Crippen molar-refractivity contribution in [3.05, 3.63) is 71.0 Å². The molecule has 0 bridgehead atoms. The Morgan fingerprint density at radius 2 is 1.54 bits per heavy atom. The molecule has 1 atom stereocenters. The SMILES string of the molecule is Cc1ccc(C(CCCN2CCNCC2)c2ccc(F)cc2)cc1. The summed E-state index contributed by atoms with van der Waals surface area (Å²) in [4.78, 5) is 2.54. The molecular weight excluding hydrogens is 299 g/mol. The molecule has 1 N–H and O–H groups in total. The number of piperazine rings is 1. The summed E-state index contributed by atoms with van der Waals surface area (Å²) in [6.07, 6.45) is 2.26. The Morgan fingerprint density at radius 3 is 2.17 bits per heavy atom. The number of nitrogens with one attached hydrogen (secondary N) is 1. The Morgan fingerprint density at radius 1 is 0.958 bits per heavy atom. The Labute approximate surface area is 144 Å². The van der Waals surface area contributed by atoms with E-state index in [1.165, 1.54) is 16.7 Å². The standard InChI is InChI=1S/C21H27FN2/c1-17-4-6-18(7-5-17)21(19-8-10-20(22)11-9-19)3-2-14-24-15-12-23-13-16-24/h4-11,21,23H,2-3,12-16H2,1H3. The predicted octanol–water partition coefficient (Wildman–Crippen LogP) is 3.95. The van der Waals surface area contributed by atoms with Gasteiger partial charge in [0.2, 0.25) is 0 Å². The van der Waals surface area contributed by atoms with Crippen LogP contribution in [0.1, 0.15) is 35.4 Å². The van der Waals surface area contributed by atoms with Gasteiger partial charge in [0.25, 0.3) is 0 Å². The molecular formula is C21H27FN2. The first-order valence-corrected chi connectivity index (χ1v) is 8.97. The highest BCUT2D eigenvalue weighted by atomic mass is 19.1. The molecule has 1 aliphatic rings. The number of aryl methyl sites for hydroxylation is 1. The third kappa shape index (κ3) is 4.65. The summed E-state index contributed by atoms with van der Waals surface area (Å²) < 4.78 is 13.3. The van der Waals surface area contributed by atoms with Crippen molar-refractivity contribution in [2.45, 2.75) is 25.7 Å². The normalized spacial score (nSPS) is 16.9. The van der Waals surface area contributed by atoms with Crippen LogP contribution in [0.4, 0.5) is 4.39 Å². The van der Waals surface area contributed by atoms with Crippen LogP contribution in [0.3, 0.4) is 0 Å². The number of hydrogen-bond donors (Lipinski definition) is 1. The second-order valence-corrected chi connectivity index (χ2v) is 6.75. The van der Waals surface area contributed by atoms with E-state index in [0.29, 0.717) is 5.92 Å². The molecule has 0 saturated carbocycles. The van der Waals surface area contributed by atoms with Gasteiger partial charge in [-0.2, -0.15) is 0 Å². The smallest absolute Gasteiger partial charge is 0.123 e. The lowest BCUT2D eigenvalue weighted by Gasteiger charge is -2.28. The summed E-state index contributed by atoms with van der Waals surface area (Å²) in [5.41, 5.74) is 3.81. The van der Waals surface area contributed by atoms with Gasteiger partial charge >= 0.3 is 0 Å². The molecule has 2 aromatic rings. The van der Waals surface area contributed by atoms with Gasteiger partial charge in [0.05, 0.1) is 0 Å². The second kappa shape index (κ2) is 8.41. The molecule has 1 aliphatic heterocycles. The average molecular weight is 326 g/mol. The third-order valence-corrected chi connectivity index (χ3v) is 4.93. The maximum absolute atomic E-state index is 13.3. The van der Waals surface area contributed by atoms with Crippen LogP contribution in [-0.2, 0) is 0 Å². The van der Waals surface area contributed by atoms with Crippen molar-refractivity contribution in [2.24, 2.45) is 0 Å². The Bertz CT molecular complexity index is 570. The van der Waals surface area contributed by atoms with E-state index in [4.69, 9.17) is 0 Å². The summed E-state index contributed by atoms with van der Waals surface area (Å²) in [7, 11) is 0. The minimum Gasteiger partial charge on any atom is -0.314 e. The predicted molar refractivity (Wildman–Crippen MR) is 98.0 cm³/mol. The van der Waals surface area contributed by atoms with Gasteiger partial charge in [-0.25, -0.2) is 4.39 Å². The van der Waals surface area contributed by atoms with E-state index >= 15 is 0 Å². The molecule has 0 radical (unpaired) electrons.